The lowest BCUT2D eigenvalue weighted by Crippen LogP contribution is -2.50. The number of methoxy groups -OCH3 is 1. The van der Waals surface area contributed by atoms with Crippen LogP contribution >= 0.6 is 0 Å². The number of carbonyl (C=O) groups is 1. The summed E-state index contributed by atoms with van der Waals surface area (Å²) in [6.07, 6.45) is 1.12. The van der Waals surface area contributed by atoms with Crippen LogP contribution in [0, 0.1) is 13.8 Å². The predicted octanol–water partition coefficient (Wildman–Crippen LogP) is 1.44. The monoisotopic (exact) mass is 498 g/mol. The second-order valence-electron chi connectivity index (χ2n) is 9.02. The molecule has 0 saturated carbocycles. The second kappa shape index (κ2) is 13.4. The molecule has 0 N–H and O–H groups in total. The zero-order valence-corrected chi connectivity index (χ0v) is 22.5. The molecule has 1 aliphatic heterocycles. The van der Waals surface area contributed by atoms with E-state index in [0.717, 1.165) is 32.6 Å². The third-order valence-electron chi connectivity index (χ3n) is 6.14. The van der Waals surface area contributed by atoms with Gasteiger partial charge in [-0.2, -0.15) is 4.31 Å². The molecule has 9 nitrogen and oxygen atoms in total. The number of ether oxygens (including phenoxy) is 2. The van der Waals surface area contributed by atoms with Crippen LogP contribution in [0.5, 0.6) is 5.75 Å². The van der Waals surface area contributed by atoms with Crippen LogP contribution in [0.3, 0.4) is 0 Å². The second-order valence-corrected chi connectivity index (χ2v) is 10.9. The Morgan fingerprint density at radius 2 is 1.68 bits per heavy atom. The molecule has 0 aliphatic carbocycles. The molecule has 0 unspecified atom stereocenters. The Bertz CT molecular complexity index is 876. The van der Waals surface area contributed by atoms with E-state index in [0.29, 0.717) is 41.4 Å². The lowest BCUT2D eigenvalue weighted by Gasteiger charge is -2.34. The highest BCUT2D eigenvalue weighted by Crippen LogP contribution is 2.28. The first-order valence-electron chi connectivity index (χ1n) is 12.0. The number of amides is 1. The van der Waals surface area contributed by atoms with Gasteiger partial charge in [-0.3, -0.25) is 9.69 Å². The highest BCUT2D eigenvalue weighted by atomic mass is 32.2. The standard InChI is InChI=1S/C24H42N4O5S/c1-7-28(34(30,31)24-20(2)17-22(32-6)18-21(24)3)15-16-33-19-23(29)27-13-11-26(12-14-27)10-8-9-25(4)5/h17-18H,7-16,19H2,1-6H3. The molecule has 1 fully saturated rings. The normalized spacial score (nSPS) is 15.4. The first-order chi connectivity index (χ1) is 16.1. The van der Waals surface area contributed by atoms with Crippen molar-refractivity contribution in [3.8, 4) is 5.75 Å². The first-order valence-corrected chi connectivity index (χ1v) is 13.4. The zero-order valence-electron chi connectivity index (χ0n) is 21.7. The molecule has 1 heterocycles. The quantitative estimate of drug-likeness (QED) is 0.381. The number of hydrogen-bond donors (Lipinski definition) is 0. The van der Waals surface area contributed by atoms with Gasteiger partial charge in [-0.1, -0.05) is 6.92 Å². The molecule has 0 aromatic heterocycles. The van der Waals surface area contributed by atoms with Crippen LogP contribution in [-0.4, -0.2) is 120 Å². The van der Waals surface area contributed by atoms with Crippen molar-refractivity contribution in [2.45, 2.75) is 32.1 Å². The Hall–Kier alpha value is -1.72. The molecule has 0 bridgehead atoms. The number of piperazine rings is 1. The third kappa shape index (κ3) is 7.91. The highest BCUT2D eigenvalue weighted by Gasteiger charge is 2.27. The average Bonchev–Trinajstić information content (AvgIpc) is 2.78. The molecule has 0 atom stereocenters. The molecular weight excluding hydrogens is 456 g/mol. The molecule has 1 saturated heterocycles. The van der Waals surface area contributed by atoms with E-state index >= 15 is 0 Å². The van der Waals surface area contributed by atoms with Gasteiger partial charge >= 0.3 is 0 Å². The van der Waals surface area contributed by atoms with Crippen LogP contribution < -0.4 is 4.74 Å². The van der Waals surface area contributed by atoms with E-state index in [1.54, 1.807) is 40.0 Å². The number of nitrogens with zero attached hydrogens (tertiary/aromatic N) is 4. The Morgan fingerprint density at radius 3 is 2.21 bits per heavy atom. The molecule has 0 spiro atoms. The van der Waals surface area contributed by atoms with Crippen molar-refractivity contribution in [1.82, 2.24) is 19.0 Å². The third-order valence-corrected chi connectivity index (χ3v) is 8.42. The fraction of sp³-hybridized carbons (Fsp3) is 0.708. The van der Waals surface area contributed by atoms with Crippen molar-refractivity contribution < 1.29 is 22.7 Å². The van der Waals surface area contributed by atoms with Crippen molar-refractivity contribution >= 4 is 15.9 Å². The summed E-state index contributed by atoms with van der Waals surface area (Å²) in [7, 11) is 2.03. The summed E-state index contributed by atoms with van der Waals surface area (Å²) in [4.78, 5) is 19.2. The van der Waals surface area contributed by atoms with Crippen molar-refractivity contribution in [2.75, 3.05) is 86.8 Å². The van der Waals surface area contributed by atoms with E-state index < -0.39 is 10.0 Å². The summed E-state index contributed by atoms with van der Waals surface area (Å²) in [5.74, 6) is 0.592. The van der Waals surface area contributed by atoms with Crippen LogP contribution in [0.4, 0.5) is 0 Å². The van der Waals surface area contributed by atoms with Gasteiger partial charge < -0.3 is 19.3 Å². The minimum Gasteiger partial charge on any atom is -0.497 e. The Labute approximate surface area is 205 Å². The van der Waals surface area contributed by atoms with Crippen molar-refractivity contribution in [2.24, 2.45) is 0 Å². The van der Waals surface area contributed by atoms with Gasteiger partial charge in [-0.05, 0) is 70.7 Å². The number of likely N-dealkylation sites (N-methyl/N-ethyl adjacent to an activating group) is 1. The van der Waals surface area contributed by atoms with E-state index in [4.69, 9.17) is 9.47 Å². The highest BCUT2D eigenvalue weighted by molar-refractivity contribution is 7.89. The summed E-state index contributed by atoms with van der Waals surface area (Å²) < 4.78 is 38.8. The van der Waals surface area contributed by atoms with Crippen molar-refractivity contribution in [3.05, 3.63) is 23.3 Å². The number of sulfonamides is 1. The molecule has 1 amide bonds. The van der Waals surface area contributed by atoms with E-state index in [1.807, 2.05) is 4.90 Å². The Morgan fingerprint density at radius 1 is 1.06 bits per heavy atom. The number of benzene rings is 1. The van der Waals surface area contributed by atoms with Gasteiger partial charge in [0, 0.05) is 39.3 Å². The number of aryl methyl sites for hydroxylation is 2. The van der Waals surface area contributed by atoms with Crippen LogP contribution in [0.2, 0.25) is 0 Å². The van der Waals surface area contributed by atoms with Crippen LogP contribution in [0.1, 0.15) is 24.5 Å². The van der Waals surface area contributed by atoms with Crippen molar-refractivity contribution in [3.63, 3.8) is 0 Å². The summed E-state index contributed by atoms with van der Waals surface area (Å²) in [5.41, 5.74) is 1.29. The molecule has 194 valence electrons. The zero-order chi connectivity index (χ0) is 25.3. The molecular formula is C24H42N4O5S. The van der Waals surface area contributed by atoms with Crippen molar-refractivity contribution in [1.29, 1.82) is 0 Å². The minimum absolute atomic E-state index is 0.0289. The largest absolute Gasteiger partial charge is 0.497 e. The molecule has 1 aliphatic rings. The molecule has 0 radical (unpaired) electrons. The van der Waals surface area contributed by atoms with Gasteiger partial charge in [0.1, 0.15) is 12.4 Å². The SMILES string of the molecule is CCN(CCOCC(=O)N1CCN(CCCN(C)C)CC1)S(=O)(=O)c1c(C)cc(OC)cc1C. The predicted molar refractivity (Wildman–Crippen MR) is 134 cm³/mol. The van der Waals surface area contributed by atoms with E-state index in [1.165, 1.54) is 4.31 Å². The summed E-state index contributed by atoms with van der Waals surface area (Å²) in [6.45, 7) is 11.3. The van der Waals surface area contributed by atoms with E-state index in [9.17, 15) is 13.2 Å². The lowest BCUT2D eigenvalue weighted by molar-refractivity contribution is -0.137. The maximum Gasteiger partial charge on any atom is 0.248 e. The van der Waals surface area contributed by atoms with Crippen LogP contribution in [0.25, 0.3) is 0 Å². The fourth-order valence-electron chi connectivity index (χ4n) is 4.26. The summed E-state index contributed by atoms with van der Waals surface area (Å²) in [5, 5.41) is 0. The number of rotatable bonds is 13. The molecule has 10 heteroatoms. The molecule has 34 heavy (non-hydrogen) atoms. The Kier molecular flexibility index (Phi) is 11.2. The molecule has 1 aromatic rings. The van der Waals surface area contributed by atoms with E-state index in [2.05, 4.69) is 23.9 Å². The van der Waals surface area contributed by atoms with Gasteiger partial charge in [0.05, 0.1) is 18.6 Å². The van der Waals surface area contributed by atoms with Gasteiger partial charge in [0.2, 0.25) is 15.9 Å². The Balaban J connectivity index is 1.81. The molecule has 1 aromatic carbocycles. The number of hydrogen-bond acceptors (Lipinski definition) is 7. The van der Waals surface area contributed by atoms with Crippen LogP contribution in [-0.2, 0) is 19.6 Å². The minimum atomic E-state index is -3.68. The maximum atomic E-state index is 13.3. The van der Waals surface area contributed by atoms with Gasteiger partial charge in [0.25, 0.3) is 0 Å². The lowest BCUT2D eigenvalue weighted by atomic mass is 10.1. The number of carbonyl (C=O) groups excluding carboxylic acids is 1. The average molecular weight is 499 g/mol. The maximum absolute atomic E-state index is 13.3. The van der Waals surface area contributed by atoms with E-state index in [-0.39, 0.29) is 25.7 Å². The summed E-state index contributed by atoms with van der Waals surface area (Å²) >= 11 is 0. The van der Waals surface area contributed by atoms with Gasteiger partial charge in [-0.15, -0.1) is 0 Å². The first kappa shape index (κ1) is 28.5. The topological polar surface area (TPSA) is 82.6 Å². The smallest absolute Gasteiger partial charge is 0.248 e. The van der Waals surface area contributed by atoms with Gasteiger partial charge in [-0.25, -0.2) is 8.42 Å². The summed E-state index contributed by atoms with van der Waals surface area (Å²) in [6, 6.07) is 3.45. The molecule has 2 rings (SSSR count). The fourth-order valence-corrected chi connectivity index (χ4v) is 6.11. The van der Waals surface area contributed by atoms with Crippen LogP contribution in [0.15, 0.2) is 17.0 Å². The van der Waals surface area contributed by atoms with Gasteiger partial charge in [0.15, 0.2) is 0 Å².